The van der Waals surface area contributed by atoms with Crippen LogP contribution in [0, 0.1) is 10.1 Å². The average Bonchev–Trinajstić information content (AvgIpc) is 2.37. The number of hydrogen-bond donors (Lipinski definition) is 1. The molecule has 1 N–H and O–H groups in total. The number of hydrogen-bond acceptors (Lipinski definition) is 6. The topological polar surface area (TPSA) is 110 Å². The van der Waals surface area contributed by atoms with Crippen LogP contribution in [0.15, 0.2) is 23.1 Å². The Morgan fingerprint density at radius 1 is 1.43 bits per heavy atom. The van der Waals surface area contributed by atoms with Gasteiger partial charge < -0.3 is 9.84 Å². The Balaban J connectivity index is 2.40. The van der Waals surface area contributed by atoms with Gasteiger partial charge in [0.2, 0.25) is 10.0 Å². The zero-order valence-corrected chi connectivity index (χ0v) is 12.5. The molecule has 0 saturated carbocycles. The highest BCUT2D eigenvalue weighted by molar-refractivity contribution is 7.89. The first-order valence-corrected chi connectivity index (χ1v) is 7.69. The zero-order valence-electron chi connectivity index (χ0n) is 11.6. The summed E-state index contributed by atoms with van der Waals surface area (Å²) in [6.45, 7) is 4.14. The first-order chi connectivity index (χ1) is 9.63. The van der Waals surface area contributed by atoms with Crippen LogP contribution in [0.1, 0.15) is 13.8 Å². The summed E-state index contributed by atoms with van der Waals surface area (Å²) < 4.78 is 31.7. The second kappa shape index (κ2) is 5.24. The number of nitrogens with zero attached hydrogens (tertiary/aromatic N) is 2. The molecule has 0 aromatic heterocycles. The maximum absolute atomic E-state index is 12.5. The van der Waals surface area contributed by atoms with Gasteiger partial charge >= 0.3 is 5.69 Å². The molecule has 116 valence electrons. The highest BCUT2D eigenvalue weighted by atomic mass is 32.2. The largest absolute Gasteiger partial charge is 0.502 e. The third kappa shape index (κ3) is 3.14. The minimum Gasteiger partial charge on any atom is -0.502 e. The third-order valence-corrected chi connectivity index (χ3v) is 5.01. The number of ether oxygens (including phenoxy) is 1. The van der Waals surface area contributed by atoms with Gasteiger partial charge in [-0.15, -0.1) is 0 Å². The van der Waals surface area contributed by atoms with Crippen LogP contribution in [0.4, 0.5) is 5.69 Å². The molecule has 1 fully saturated rings. The lowest BCUT2D eigenvalue weighted by atomic mass is 10.1. The van der Waals surface area contributed by atoms with Crippen molar-refractivity contribution < 1.29 is 23.2 Å². The lowest BCUT2D eigenvalue weighted by Gasteiger charge is -2.37. The van der Waals surface area contributed by atoms with Gasteiger partial charge in [-0.05, 0) is 26.0 Å². The summed E-state index contributed by atoms with van der Waals surface area (Å²) in [5, 5.41) is 20.2. The predicted octanol–water partition coefficient (Wildman–Crippen LogP) is 1.10. The molecular formula is C12H16N2O6S. The normalized spacial score (nSPS) is 19.3. The van der Waals surface area contributed by atoms with Crippen molar-refractivity contribution in [3.8, 4) is 5.75 Å². The number of rotatable bonds is 3. The SMILES string of the molecule is CC1(C)CN(S(=O)(=O)c2ccc(O)c([N+](=O)[O-])c2)CCO1. The molecular weight excluding hydrogens is 300 g/mol. The van der Waals surface area contributed by atoms with Gasteiger partial charge in [0.05, 0.1) is 22.0 Å². The van der Waals surface area contributed by atoms with E-state index in [1.165, 1.54) is 4.31 Å². The van der Waals surface area contributed by atoms with Crippen molar-refractivity contribution in [1.29, 1.82) is 0 Å². The molecule has 21 heavy (non-hydrogen) atoms. The van der Waals surface area contributed by atoms with Crippen LogP contribution in [0.2, 0.25) is 0 Å². The molecule has 1 aliphatic rings. The molecule has 0 unspecified atom stereocenters. The standard InChI is InChI=1S/C12H16N2O6S/c1-12(2)8-13(5-6-20-12)21(18,19)9-3-4-11(15)10(7-9)14(16)17/h3-4,7,15H,5-6,8H2,1-2H3. The van der Waals surface area contributed by atoms with Crippen LogP contribution >= 0.6 is 0 Å². The number of sulfonamides is 1. The van der Waals surface area contributed by atoms with Crippen molar-refractivity contribution in [1.82, 2.24) is 4.31 Å². The molecule has 1 aromatic carbocycles. The van der Waals surface area contributed by atoms with Crippen molar-refractivity contribution >= 4 is 15.7 Å². The first kappa shape index (κ1) is 15.7. The third-order valence-electron chi connectivity index (χ3n) is 3.17. The van der Waals surface area contributed by atoms with E-state index >= 15 is 0 Å². The molecule has 0 atom stereocenters. The van der Waals surface area contributed by atoms with E-state index in [1.54, 1.807) is 13.8 Å². The van der Waals surface area contributed by atoms with Crippen molar-refractivity contribution in [3.63, 3.8) is 0 Å². The van der Waals surface area contributed by atoms with Crippen LogP contribution in [-0.2, 0) is 14.8 Å². The van der Waals surface area contributed by atoms with E-state index in [9.17, 15) is 23.6 Å². The number of phenols is 1. The Hall–Kier alpha value is -1.71. The molecule has 0 bridgehead atoms. The van der Waals surface area contributed by atoms with E-state index in [0.717, 1.165) is 18.2 Å². The number of aromatic hydroxyl groups is 1. The Labute approximate surface area is 122 Å². The summed E-state index contributed by atoms with van der Waals surface area (Å²) in [7, 11) is -3.87. The van der Waals surface area contributed by atoms with Gasteiger partial charge in [0.25, 0.3) is 0 Å². The second-order valence-electron chi connectivity index (χ2n) is 5.35. The van der Waals surface area contributed by atoms with E-state index < -0.39 is 32.0 Å². The van der Waals surface area contributed by atoms with Gasteiger partial charge in [0, 0.05) is 19.2 Å². The highest BCUT2D eigenvalue weighted by Gasteiger charge is 2.35. The molecule has 1 aliphatic heterocycles. The van der Waals surface area contributed by atoms with Crippen LogP contribution in [0.3, 0.4) is 0 Å². The molecule has 0 amide bonds. The van der Waals surface area contributed by atoms with Crippen molar-refractivity contribution in [3.05, 3.63) is 28.3 Å². The monoisotopic (exact) mass is 316 g/mol. The number of nitro groups is 1. The summed E-state index contributed by atoms with van der Waals surface area (Å²) in [5.74, 6) is -0.568. The molecule has 8 nitrogen and oxygen atoms in total. The van der Waals surface area contributed by atoms with Crippen LogP contribution in [0.5, 0.6) is 5.75 Å². The van der Waals surface area contributed by atoms with Crippen LogP contribution < -0.4 is 0 Å². The lowest BCUT2D eigenvalue weighted by Crippen LogP contribution is -2.50. The molecule has 9 heteroatoms. The van der Waals surface area contributed by atoms with Crippen molar-refractivity contribution in [2.24, 2.45) is 0 Å². The van der Waals surface area contributed by atoms with Gasteiger partial charge in [-0.3, -0.25) is 10.1 Å². The molecule has 2 rings (SSSR count). The number of phenolic OH excluding ortho intramolecular Hbond substituents is 1. The van der Waals surface area contributed by atoms with E-state index in [-0.39, 0.29) is 24.6 Å². The van der Waals surface area contributed by atoms with Crippen LogP contribution in [-0.4, -0.2) is 48.1 Å². The number of benzene rings is 1. The quantitative estimate of drug-likeness (QED) is 0.660. The smallest absolute Gasteiger partial charge is 0.312 e. The van der Waals surface area contributed by atoms with Gasteiger partial charge in [0.1, 0.15) is 0 Å². The number of nitro benzene ring substituents is 1. The lowest BCUT2D eigenvalue weighted by molar-refractivity contribution is -0.386. The van der Waals surface area contributed by atoms with Crippen LogP contribution in [0.25, 0.3) is 0 Å². The van der Waals surface area contributed by atoms with Gasteiger partial charge in [-0.1, -0.05) is 0 Å². The molecule has 1 aromatic rings. The molecule has 0 spiro atoms. The minimum absolute atomic E-state index is 0.157. The maximum Gasteiger partial charge on any atom is 0.312 e. The highest BCUT2D eigenvalue weighted by Crippen LogP contribution is 2.30. The Bertz CT molecular complexity index is 670. The van der Waals surface area contributed by atoms with Gasteiger partial charge in [-0.25, -0.2) is 8.42 Å². The summed E-state index contributed by atoms with van der Waals surface area (Å²) in [6.07, 6.45) is 0. The Kier molecular flexibility index (Phi) is 3.91. The van der Waals surface area contributed by atoms with E-state index in [1.807, 2.05) is 0 Å². The summed E-state index contributed by atoms with van der Waals surface area (Å²) in [4.78, 5) is 9.76. The summed E-state index contributed by atoms with van der Waals surface area (Å²) in [5.41, 5.74) is -1.25. The Morgan fingerprint density at radius 3 is 2.67 bits per heavy atom. The second-order valence-corrected chi connectivity index (χ2v) is 7.29. The van der Waals surface area contributed by atoms with Crippen molar-refractivity contribution in [2.45, 2.75) is 24.3 Å². The molecule has 1 saturated heterocycles. The van der Waals surface area contributed by atoms with E-state index in [4.69, 9.17) is 4.74 Å². The Morgan fingerprint density at radius 2 is 2.10 bits per heavy atom. The minimum atomic E-state index is -3.87. The number of morpholine rings is 1. The maximum atomic E-state index is 12.5. The van der Waals surface area contributed by atoms with E-state index in [2.05, 4.69) is 0 Å². The van der Waals surface area contributed by atoms with Crippen molar-refractivity contribution in [2.75, 3.05) is 19.7 Å². The fourth-order valence-corrected chi connectivity index (χ4v) is 3.73. The fourth-order valence-electron chi connectivity index (χ4n) is 2.14. The molecule has 0 radical (unpaired) electrons. The van der Waals surface area contributed by atoms with E-state index in [0.29, 0.717) is 0 Å². The predicted molar refractivity (Wildman–Crippen MR) is 73.6 cm³/mol. The fraction of sp³-hybridized carbons (Fsp3) is 0.500. The summed E-state index contributed by atoms with van der Waals surface area (Å²) >= 11 is 0. The van der Waals surface area contributed by atoms with Gasteiger partial charge in [0.15, 0.2) is 5.75 Å². The summed E-state index contributed by atoms with van der Waals surface area (Å²) in [6, 6.07) is 3.03. The molecule has 0 aliphatic carbocycles. The molecule has 1 heterocycles. The van der Waals surface area contributed by atoms with Gasteiger partial charge in [-0.2, -0.15) is 4.31 Å². The zero-order chi connectivity index (χ0) is 15.8. The average molecular weight is 316 g/mol. The first-order valence-electron chi connectivity index (χ1n) is 6.25.